The maximum atomic E-state index is 12.1. The quantitative estimate of drug-likeness (QED) is 0.750. The van der Waals surface area contributed by atoms with Gasteiger partial charge >= 0.3 is 6.09 Å². The Bertz CT molecular complexity index is 917. The van der Waals surface area contributed by atoms with Gasteiger partial charge in [-0.15, -0.1) is 0 Å². The molecule has 1 aliphatic heterocycles. The van der Waals surface area contributed by atoms with Gasteiger partial charge in [-0.25, -0.2) is 4.79 Å². The van der Waals surface area contributed by atoms with E-state index in [0.29, 0.717) is 30.0 Å². The number of hydrogen-bond acceptors (Lipinski definition) is 5. The first-order chi connectivity index (χ1) is 13.3. The predicted molar refractivity (Wildman–Crippen MR) is 104 cm³/mol. The first-order valence-corrected chi connectivity index (χ1v) is 9.03. The number of rotatable bonds is 4. The van der Waals surface area contributed by atoms with E-state index in [9.17, 15) is 9.59 Å². The predicted octanol–water partition coefficient (Wildman–Crippen LogP) is 4.04. The Kier molecular flexibility index (Phi) is 5.36. The van der Waals surface area contributed by atoms with Gasteiger partial charge in [-0.2, -0.15) is 5.26 Å². The summed E-state index contributed by atoms with van der Waals surface area (Å²) in [4.78, 5) is 24.8. The fraction of sp³-hybridized carbons (Fsp3) is 0.318. The van der Waals surface area contributed by atoms with Gasteiger partial charge in [0, 0.05) is 11.1 Å². The van der Waals surface area contributed by atoms with E-state index < -0.39 is 5.60 Å². The minimum Gasteiger partial charge on any atom is -0.486 e. The number of hydrogen-bond donors (Lipinski definition) is 0. The standard InChI is InChI=1S/C22H22N2O4/c1-22(2,3)28-21(26)24-12-18(13-24)27-20-9-6-16(14-25)10-19(20)17-7-4-15(11-23)5-8-17/h4-10,14,18H,12-13H2,1-3H3. The largest absolute Gasteiger partial charge is 0.486 e. The highest BCUT2D eigenvalue weighted by Gasteiger charge is 2.35. The summed E-state index contributed by atoms with van der Waals surface area (Å²) in [5.41, 5.74) is 2.18. The lowest BCUT2D eigenvalue weighted by atomic mass is 10.0. The number of benzene rings is 2. The molecule has 6 nitrogen and oxygen atoms in total. The van der Waals surface area contributed by atoms with Crippen molar-refractivity contribution >= 4 is 12.4 Å². The van der Waals surface area contributed by atoms with Crippen LogP contribution in [0.15, 0.2) is 42.5 Å². The van der Waals surface area contributed by atoms with Crippen LogP contribution in [-0.2, 0) is 4.74 Å². The van der Waals surface area contributed by atoms with Gasteiger partial charge in [-0.1, -0.05) is 12.1 Å². The van der Waals surface area contributed by atoms with E-state index in [1.165, 1.54) is 0 Å². The third-order valence-corrected chi connectivity index (χ3v) is 4.26. The molecule has 1 amide bonds. The van der Waals surface area contributed by atoms with Crippen molar-refractivity contribution in [3.63, 3.8) is 0 Å². The summed E-state index contributed by atoms with van der Waals surface area (Å²) in [6, 6.07) is 14.4. The zero-order valence-electron chi connectivity index (χ0n) is 16.1. The fourth-order valence-electron chi connectivity index (χ4n) is 2.84. The fourth-order valence-corrected chi connectivity index (χ4v) is 2.84. The first kappa shape index (κ1) is 19.4. The van der Waals surface area contributed by atoms with Gasteiger partial charge in [0.1, 0.15) is 23.7 Å². The Morgan fingerprint density at radius 2 is 1.86 bits per heavy atom. The van der Waals surface area contributed by atoms with Crippen molar-refractivity contribution in [1.82, 2.24) is 4.90 Å². The monoisotopic (exact) mass is 378 g/mol. The van der Waals surface area contributed by atoms with Gasteiger partial charge in [-0.05, 0) is 56.7 Å². The van der Waals surface area contributed by atoms with Crippen LogP contribution in [0.5, 0.6) is 5.75 Å². The van der Waals surface area contributed by atoms with Gasteiger partial charge in [-0.3, -0.25) is 4.79 Å². The van der Waals surface area contributed by atoms with Crippen LogP contribution in [0.3, 0.4) is 0 Å². The van der Waals surface area contributed by atoms with E-state index in [2.05, 4.69) is 6.07 Å². The zero-order valence-corrected chi connectivity index (χ0v) is 16.1. The molecule has 6 heteroatoms. The summed E-state index contributed by atoms with van der Waals surface area (Å²) in [7, 11) is 0. The van der Waals surface area contributed by atoms with Crippen molar-refractivity contribution in [2.45, 2.75) is 32.5 Å². The van der Waals surface area contributed by atoms with Crippen LogP contribution < -0.4 is 4.74 Å². The van der Waals surface area contributed by atoms with Crippen LogP contribution in [0, 0.1) is 11.3 Å². The Hall–Kier alpha value is -3.33. The smallest absolute Gasteiger partial charge is 0.410 e. The molecule has 28 heavy (non-hydrogen) atoms. The summed E-state index contributed by atoms with van der Waals surface area (Å²) < 4.78 is 11.4. The molecule has 0 spiro atoms. The molecule has 0 bridgehead atoms. The average Bonchev–Trinajstić information content (AvgIpc) is 2.63. The molecule has 3 rings (SSSR count). The molecular formula is C22H22N2O4. The number of carbonyl (C=O) groups excluding carboxylic acids is 2. The second-order valence-electron chi connectivity index (χ2n) is 7.69. The van der Waals surface area contributed by atoms with E-state index >= 15 is 0 Å². The van der Waals surface area contributed by atoms with E-state index in [4.69, 9.17) is 14.7 Å². The lowest BCUT2D eigenvalue weighted by Crippen LogP contribution is -2.57. The molecule has 0 aromatic heterocycles. The second kappa shape index (κ2) is 7.73. The molecule has 1 fully saturated rings. The average molecular weight is 378 g/mol. The van der Waals surface area contributed by atoms with Crippen molar-refractivity contribution in [2.75, 3.05) is 13.1 Å². The summed E-state index contributed by atoms with van der Waals surface area (Å²) >= 11 is 0. The van der Waals surface area contributed by atoms with Crippen LogP contribution in [0.4, 0.5) is 4.79 Å². The number of nitriles is 1. The van der Waals surface area contributed by atoms with Gasteiger partial charge < -0.3 is 14.4 Å². The Morgan fingerprint density at radius 1 is 1.18 bits per heavy atom. The maximum absolute atomic E-state index is 12.1. The molecule has 0 aliphatic carbocycles. The molecule has 2 aromatic carbocycles. The minimum atomic E-state index is -0.531. The molecular weight excluding hydrogens is 356 g/mol. The van der Waals surface area contributed by atoms with Crippen molar-refractivity contribution in [3.8, 4) is 22.9 Å². The van der Waals surface area contributed by atoms with E-state index in [1.807, 2.05) is 32.9 Å². The van der Waals surface area contributed by atoms with Gasteiger partial charge in [0.2, 0.25) is 0 Å². The van der Waals surface area contributed by atoms with E-state index in [1.54, 1.807) is 35.2 Å². The van der Waals surface area contributed by atoms with Crippen molar-refractivity contribution < 1.29 is 19.1 Å². The third kappa shape index (κ3) is 4.49. The molecule has 0 N–H and O–H groups in total. The van der Waals surface area contributed by atoms with Crippen molar-refractivity contribution in [2.24, 2.45) is 0 Å². The van der Waals surface area contributed by atoms with Crippen LogP contribution in [-0.4, -0.2) is 42.1 Å². The molecule has 0 saturated carbocycles. The number of nitrogens with zero attached hydrogens (tertiary/aromatic N) is 2. The van der Waals surface area contributed by atoms with Crippen LogP contribution >= 0.6 is 0 Å². The van der Waals surface area contributed by atoms with Crippen LogP contribution in [0.2, 0.25) is 0 Å². The number of amides is 1. The summed E-state index contributed by atoms with van der Waals surface area (Å²) in [6.45, 7) is 6.37. The highest BCUT2D eigenvalue weighted by Crippen LogP contribution is 2.33. The highest BCUT2D eigenvalue weighted by atomic mass is 16.6. The molecule has 0 atom stereocenters. The topological polar surface area (TPSA) is 79.6 Å². The summed E-state index contributed by atoms with van der Waals surface area (Å²) in [5, 5.41) is 8.97. The Labute approximate surface area is 164 Å². The Morgan fingerprint density at radius 3 is 2.43 bits per heavy atom. The van der Waals surface area contributed by atoms with Crippen LogP contribution in [0.25, 0.3) is 11.1 Å². The van der Waals surface area contributed by atoms with E-state index in [-0.39, 0.29) is 12.2 Å². The molecule has 144 valence electrons. The van der Waals surface area contributed by atoms with Gasteiger partial charge in [0.25, 0.3) is 0 Å². The SMILES string of the molecule is CC(C)(C)OC(=O)N1CC(Oc2ccc(C=O)cc2-c2ccc(C#N)cc2)C1. The third-order valence-electron chi connectivity index (χ3n) is 4.26. The molecule has 1 heterocycles. The number of aldehydes is 1. The summed E-state index contributed by atoms with van der Waals surface area (Å²) in [6.07, 6.45) is 0.285. The lowest BCUT2D eigenvalue weighted by molar-refractivity contribution is -0.0220. The first-order valence-electron chi connectivity index (χ1n) is 9.03. The zero-order chi connectivity index (χ0) is 20.3. The Balaban J connectivity index is 1.73. The number of likely N-dealkylation sites (tertiary alicyclic amines) is 1. The lowest BCUT2D eigenvalue weighted by Gasteiger charge is -2.39. The van der Waals surface area contributed by atoms with Crippen molar-refractivity contribution in [3.05, 3.63) is 53.6 Å². The normalized spacial score (nSPS) is 14.0. The molecule has 0 unspecified atom stereocenters. The van der Waals surface area contributed by atoms with Gasteiger partial charge in [0.05, 0.1) is 24.7 Å². The summed E-state index contributed by atoms with van der Waals surface area (Å²) in [5.74, 6) is 0.629. The number of carbonyl (C=O) groups is 2. The molecule has 0 radical (unpaired) electrons. The molecule has 1 saturated heterocycles. The minimum absolute atomic E-state index is 0.147. The van der Waals surface area contributed by atoms with Crippen LogP contribution in [0.1, 0.15) is 36.7 Å². The second-order valence-corrected chi connectivity index (χ2v) is 7.69. The van der Waals surface area contributed by atoms with E-state index in [0.717, 1.165) is 17.4 Å². The molecule has 2 aromatic rings. The number of ether oxygens (including phenoxy) is 2. The van der Waals surface area contributed by atoms with Crippen molar-refractivity contribution in [1.29, 1.82) is 5.26 Å². The molecule has 1 aliphatic rings. The maximum Gasteiger partial charge on any atom is 0.410 e. The van der Waals surface area contributed by atoms with Gasteiger partial charge in [0.15, 0.2) is 0 Å². The highest BCUT2D eigenvalue weighted by molar-refractivity contribution is 5.81.